The second kappa shape index (κ2) is 5.82. The van der Waals surface area contributed by atoms with Crippen LogP contribution in [0.5, 0.6) is 0 Å². The Morgan fingerprint density at radius 3 is 3.29 bits per heavy atom. The molecule has 0 aromatic carbocycles. The van der Waals surface area contributed by atoms with Gasteiger partial charge in [0.1, 0.15) is 5.69 Å². The van der Waals surface area contributed by atoms with Gasteiger partial charge in [0.25, 0.3) is 0 Å². The zero-order valence-electron chi connectivity index (χ0n) is 10.2. The second-order valence-electron chi connectivity index (χ2n) is 4.36. The predicted octanol–water partition coefficient (Wildman–Crippen LogP) is 1.06. The molecule has 2 heterocycles. The van der Waals surface area contributed by atoms with E-state index >= 15 is 0 Å². The molecule has 0 aliphatic carbocycles. The van der Waals surface area contributed by atoms with Crippen LogP contribution in [0.2, 0.25) is 0 Å². The van der Waals surface area contributed by atoms with E-state index in [0.717, 1.165) is 19.6 Å². The summed E-state index contributed by atoms with van der Waals surface area (Å²) >= 11 is 0. The zero-order chi connectivity index (χ0) is 12.1. The lowest BCUT2D eigenvalue weighted by Gasteiger charge is -2.23. The molecule has 1 N–H and O–H groups in total. The van der Waals surface area contributed by atoms with E-state index in [2.05, 4.69) is 10.3 Å². The topological polar surface area (TPSA) is 56.1 Å². The van der Waals surface area contributed by atoms with E-state index in [0.29, 0.717) is 18.2 Å². The number of nitrogens with one attached hydrogen (secondary N) is 1. The molecule has 5 heteroatoms. The summed E-state index contributed by atoms with van der Waals surface area (Å²) in [6, 6.07) is 0. The van der Waals surface area contributed by atoms with Gasteiger partial charge >= 0.3 is 5.97 Å². The Balaban J connectivity index is 2.00. The van der Waals surface area contributed by atoms with Crippen LogP contribution in [-0.2, 0) is 11.3 Å². The van der Waals surface area contributed by atoms with Crippen molar-refractivity contribution < 1.29 is 9.53 Å². The largest absolute Gasteiger partial charge is 0.461 e. The number of hydrogen-bond donors (Lipinski definition) is 1. The van der Waals surface area contributed by atoms with Gasteiger partial charge in [-0.25, -0.2) is 9.78 Å². The first-order valence-electron chi connectivity index (χ1n) is 6.19. The molecule has 0 amide bonds. The molecule has 94 valence electrons. The number of nitrogens with zero attached hydrogens (tertiary/aromatic N) is 2. The van der Waals surface area contributed by atoms with Crippen LogP contribution in [0.15, 0.2) is 12.5 Å². The third-order valence-electron chi connectivity index (χ3n) is 3.05. The molecule has 1 fully saturated rings. The summed E-state index contributed by atoms with van der Waals surface area (Å²) in [6.07, 6.45) is 5.69. The van der Waals surface area contributed by atoms with E-state index in [4.69, 9.17) is 4.74 Å². The minimum Gasteiger partial charge on any atom is -0.461 e. The number of rotatable bonds is 4. The van der Waals surface area contributed by atoms with Crippen molar-refractivity contribution in [3.05, 3.63) is 18.2 Å². The van der Waals surface area contributed by atoms with Gasteiger partial charge in [0, 0.05) is 6.54 Å². The van der Waals surface area contributed by atoms with Crippen molar-refractivity contribution in [1.29, 1.82) is 0 Å². The summed E-state index contributed by atoms with van der Waals surface area (Å²) in [5.41, 5.74) is 0.553. The number of hydrogen-bond acceptors (Lipinski definition) is 4. The summed E-state index contributed by atoms with van der Waals surface area (Å²) < 4.78 is 6.90. The van der Waals surface area contributed by atoms with Crippen molar-refractivity contribution in [2.75, 3.05) is 19.7 Å². The van der Waals surface area contributed by atoms with Gasteiger partial charge in [0.15, 0.2) is 0 Å². The quantitative estimate of drug-likeness (QED) is 0.796. The highest BCUT2D eigenvalue weighted by molar-refractivity contribution is 5.87. The van der Waals surface area contributed by atoms with Gasteiger partial charge in [0.05, 0.1) is 19.1 Å². The van der Waals surface area contributed by atoms with E-state index < -0.39 is 0 Å². The van der Waals surface area contributed by atoms with Crippen molar-refractivity contribution in [2.45, 2.75) is 26.3 Å². The lowest BCUT2D eigenvalue weighted by molar-refractivity contribution is 0.0512. The predicted molar refractivity (Wildman–Crippen MR) is 63.8 cm³/mol. The van der Waals surface area contributed by atoms with Crippen LogP contribution < -0.4 is 5.32 Å². The van der Waals surface area contributed by atoms with E-state index in [1.54, 1.807) is 12.5 Å². The van der Waals surface area contributed by atoms with Gasteiger partial charge in [0.2, 0.25) is 0 Å². The molecule has 0 bridgehead atoms. The minimum atomic E-state index is -0.284. The molecule has 17 heavy (non-hydrogen) atoms. The van der Waals surface area contributed by atoms with Gasteiger partial charge in [-0.3, -0.25) is 0 Å². The van der Waals surface area contributed by atoms with E-state index in [1.807, 2.05) is 11.5 Å². The monoisotopic (exact) mass is 237 g/mol. The van der Waals surface area contributed by atoms with Crippen LogP contribution in [0, 0.1) is 5.92 Å². The number of carbonyl (C=O) groups excluding carboxylic acids is 1. The van der Waals surface area contributed by atoms with Crippen LogP contribution in [0.4, 0.5) is 0 Å². The van der Waals surface area contributed by atoms with E-state index in [-0.39, 0.29) is 5.97 Å². The first-order chi connectivity index (χ1) is 8.31. The third kappa shape index (κ3) is 3.06. The van der Waals surface area contributed by atoms with Crippen LogP contribution in [0.3, 0.4) is 0 Å². The summed E-state index contributed by atoms with van der Waals surface area (Å²) in [5, 5.41) is 3.37. The number of esters is 1. The standard InChI is InChI=1S/C12H19N3O2/c1-2-17-12(16)11-7-14-9-15(11)8-10-4-3-5-13-6-10/h7,9-10,13H,2-6,8H2,1H3. The van der Waals surface area contributed by atoms with E-state index in [9.17, 15) is 4.79 Å². The van der Waals surface area contributed by atoms with Crippen molar-refractivity contribution in [1.82, 2.24) is 14.9 Å². The average Bonchev–Trinajstić information content (AvgIpc) is 2.79. The number of carbonyl (C=O) groups is 1. The fraction of sp³-hybridized carbons (Fsp3) is 0.667. The Morgan fingerprint density at radius 1 is 1.71 bits per heavy atom. The molecule has 1 aliphatic heterocycles. The smallest absolute Gasteiger partial charge is 0.356 e. The maximum atomic E-state index is 11.7. The molecule has 1 aromatic heterocycles. The highest BCUT2D eigenvalue weighted by Crippen LogP contribution is 2.14. The summed E-state index contributed by atoms with van der Waals surface area (Å²) in [6.45, 7) is 5.16. The number of piperidine rings is 1. The third-order valence-corrected chi connectivity index (χ3v) is 3.05. The van der Waals surface area contributed by atoms with Crippen LogP contribution in [-0.4, -0.2) is 35.2 Å². The summed E-state index contributed by atoms with van der Waals surface area (Å²) in [4.78, 5) is 15.7. The van der Waals surface area contributed by atoms with Crippen molar-refractivity contribution in [3.63, 3.8) is 0 Å². The first kappa shape index (κ1) is 12.1. The number of ether oxygens (including phenoxy) is 1. The Bertz CT molecular complexity index is 370. The zero-order valence-corrected chi connectivity index (χ0v) is 10.2. The molecular formula is C12H19N3O2. The normalized spacial score (nSPS) is 20.2. The Hall–Kier alpha value is -1.36. The van der Waals surface area contributed by atoms with Gasteiger partial charge < -0.3 is 14.6 Å². The molecule has 2 rings (SSSR count). The second-order valence-corrected chi connectivity index (χ2v) is 4.36. The molecule has 0 spiro atoms. The van der Waals surface area contributed by atoms with Crippen LogP contribution in [0.25, 0.3) is 0 Å². The molecule has 1 atom stereocenters. The van der Waals surface area contributed by atoms with Gasteiger partial charge in [-0.15, -0.1) is 0 Å². The van der Waals surface area contributed by atoms with Gasteiger partial charge in [-0.1, -0.05) is 0 Å². The highest BCUT2D eigenvalue weighted by atomic mass is 16.5. The molecule has 0 radical (unpaired) electrons. The lowest BCUT2D eigenvalue weighted by atomic mass is 10.00. The first-order valence-corrected chi connectivity index (χ1v) is 6.19. The summed E-state index contributed by atoms with van der Waals surface area (Å²) in [5.74, 6) is 0.292. The van der Waals surface area contributed by atoms with Crippen molar-refractivity contribution in [3.8, 4) is 0 Å². The number of imidazole rings is 1. The fourth-order valence-corrected chi connectivity index (χ4v) is 2.20. The highest BCUT2D eigenvalue weighted by Gasteiger charge is 2.18. The van der Waals surface area contributed by atoms with Crippen molar-refractivity contribution >= 4 is 5.97 Å². The number of aromatic nitrogens is 2. The average molecular weight is 237 g/mol. The maximum Gasteiger partial charge on any atom is 0.356 e. The summed E-state index contributed by atoms with van der Waals surface area (Å²) in [7, 11) is 0. The van der Waals surface area contributed by atoms with Crippen molar-refractivity contribution in [2.24, 2.45) is 5.92 Å². The SMILES string of the molecule is CCOC(=O)c1cncn1CC1CCCNC1. The Labute approximate surface area is 101 Å². The molecule has 0 saturated carbocycles. The maximum absolute atomic E-state index is 11.7. The Morgan fingerprint density at radius 2 is 2.59 bits per heavy atom. The molecule has 1 aromatic rings. The van der Waals surface area contributed by atoms with Gasteiger partial charge in [-0.05, 0) is 38.8 Å². The molecule has 1 saturated heterocycles. The molecular weight excluding hydrogens is 218 g/mol. The van der Waals surface area contributed by atoms with Crippen LogP contribution in [0.1, 0.15) is 30.3 Å². The fourth-order valence-electron chi connectivity index (χ4n) is 2.20. The molecule has 5 nitrogen and oxygen atoms in total. The Kier molecular flexibility index (Phi) is 4.14. The lowest BCUT2D eigenvalue weighted by Crippen LogP contribution is -2.32. The van der Waals surface area contributed by atoms with E-state index in [1.165, 1.54) is 12.8 Å². The van der Waals surface area contributed by atoms with Gasteiger partial charge in [-0.2, -0.15) is 0 Å². The molecule has 1 unspecified atom stereocenters. The van der Waals surface area contributed by atoms with Crippen LogP contribution >= 0.6 is 0 Å². The minimum absolute atomic E-state index is 0.284. The molecule has 1 aliphatic rings.